The second-order valence-electron chi connectivity index (χ2n) is 7.77. The topological polar surface area (TPSA) is 51.2 Å². The van der Waals surface area contributed by atoms with Gasteiger partial charge in [-0.25, -0.2) is 0 Å². The van der Waals surface area contributed by atoms with Crippen LogP contribution in [0.5, 0.6) is 11.5 Å². The fourth-order valence-corrected chi connectivity index (χ4v) is 4.07. The zero-order valence-corrected chi connectivity index (χ0v) is 17.6. The molecule has 0 bridgehead atoms. The van der Waals surface area contributed by atoms with Crippen LogP contribution in [0.4, 0.5) is 0 Å². The van der Waals surface area contributed by atoms with E-state index >= 15 is 0 Å². The largest absolute Gasteiger partial charge is 0.454 e. The van der Waals surface area contributed by atoms with Crippen molar-refractivity contribution in [3.05, 3.63) is 59.7 Å². The van der Waals surface area contributed by atoms with E-state index in [2.05, 4.69) is 11.8 Å². The molecule has 2 aliphatic heterocycles. The molecule has 1 unspecified atom stereocenters. The predicted octanol–water partition coefficient (Wildman–Crippen LogP) is 3.27. The van der Waals surface area contributed by atoms with E-state index in [1.165, 1.54) is 0 Å². The molecule has 2 aromatic carbocycles. The first-order valence-corrected chi connectivity index (χ1v) is 10.8. The molecule has 1 saturated heterocycles. The minimum Gasteiger partial charge on any atom is -0.454 e. The van der Waals surface area contributed by atoms with Gasteiger partial charge < -0.3 is 19.1 Å². The van der Waals surface area contributed by atoms with E-state index in [0.29, 0.717) is 13.1 Å². The number of fused-ring (bicyclic) bond motifs is 1. The smallest absolute Gasteiger partial charge is 0.231 e. The van der Waals surface area contributed by atoms with Gasteiger partial charge in [-0.15, -0.1) is 0 Å². The molecule has 2 aliphatic rings. The van der Waals surface area contributed by atoms with Crippen molar-refractivity contribution >= 4 is 5.91 Å². The van der Waals surface area contributed by atoms with Crippen LogP contribution in [0.3, 0.4) is 0 Å². The van der Waals surface area contributed by atoms with E-state index in [9.17, 15) is 4.79 Å². The van der Waals surface area contributed by atoms with Crippen LogP contribution >= 0.6 is 0 Å². The van der Waals surface area contributed by atoms with Crippen molar-refractivity contribution in [3.8, 4) is 11.5 Å². The van der Waals surface area contributed by atoms with E-state index in [1.54, 1.807) is 0 Å². The third kappa shape index (κ3) is 4.94. The first-order valence-electron chi connectivity index (χ1n) is 10.8. The van der Waals surface area contributed by atoms with Gasteiger partial charge in [-0.3, -0.25) is 9.69 Å². The normalized spacial score (nSPS) is 17.0. The average Bonchev–Trinajstić information content (AvgIpc) is 3.26. The maximum atomic E-state index is 13.6. The molecule has 0 spiro atoms. The minimum atomic E-state index is -0.134. The van der Waals surface area contributed by atoms with Gasteiger partial charge >= 0.3 is 0 Å². The first kappa shape index (κ1) is 20.7. The molecule has 30 heavy (non-hydrogen) atoms. The Morgan fingerprint density at radius 1 is 1.07 bits per heavy atom. The highest BCUT2D eigenvalue weighted by Crippen LogP contribution is 2.33. The van der Waals surface area contributed by atoms with Gasteiger partial charge in [0.2, 0.25) is 12.7 Å². The molecule has 6 nitrogen and oxygen atoms in total. The molecular weight excluding hydrogens is 380 g/mol. The van der Waals surface area contributed by atoms with Crippen LogP contribution in [0.1, 0.15) is 30.4 Å². The molecule has 1 amide bonds. The van der Waals surface area contributed by atoms with E-state index in [-0.39, 0.29) is 18.6 Å². The van der Waals surface area contributed by atoms with Crippen molar-refractivity contribution in [2.75, 3.05) is 46.2 Å². The Morgan fingerprint density at radius 2 is 1.83 bits per heavy atom. The molecule has 2 heterocycles. The quantitative estimate of drug-likeness (QED) is 0.669. The van der Waals surface area contributed by atoms with Gasteiger partial charge in [-0.1, -0.05) is 43.3 Å². The summed E-state index contributed by atoms with van der Waals surface area (Å²) in [6.45, 7) is 7.80. The number of hydrogen-bond acceptors (Lipinski definition) is 5. The molecule has 1 fully saturated rings. The van der Waals surface area contributed by atoms with Gasteiger partial charge in [-0.05, 0) is 29.7 Å². The van der Waals surface area contributed by atoms with Crippen LogP contribution in [-0.4, -0.2) is 61.9 Å². The molecule has 4 rings (SSSR count). The molecular formula is C24H30N2O4. The first-order chi connectivity index (χ1) is 14.7. The maximum absolute atomic E-state index is 13.6. The van der Waals surface area contributed by atoms with Crippen LogP contribution in [0.25, 0.3) is 0 Å². The number of amides is 1. The summed E-state index contributed by atoms with van der Waals surface area (Å²) >= 11 is 0. The van der Waals surface area contributed by atoms with Gasteiger partial charge in [0.1, 0.15) is 0 Å². The number of carbonyl (C=O) groups excluding carboxylic acids is 1. The molecule has 0 aromatic heterocycles. The summed E-state index contributed by atoms with van der Waals surface area (Å²) < 4.78 is 16.4. The lowest BCUT2D eigenvalue weighted by Gasteiger charge is -2.32. The fourth-order valence-electron chi connectivity index (χ4n) is 4.07. The average molecular weight is 411 g/mol. The van der Waals surface area contributed by atoms with Crippen molar-refractivity contribution in [2.45, 2.75) is 25.8 Å². The number of morpholine rings is 1. The zero-order chi connectivity index (χ0) is 20.8. The summed E-state index contributed by atoms with van der Waals surface area (Å²) in [5.74, 6) is 1.56. The van der Waals surface area contributed by atoms with Gasteiger partial charge in [0.15, 0.2) is 11.5 Å². The van der Waals surface area contributed by atoms with Gasteiger partial charge in [0.05, 0.1) is 19.1 Å². The lowest BCUT2D eigenvalue weighted by molar-refractivity contribution is -0.134. The summed E-state index contributed by atoms with van der Waals surface area (Å²) in [5, 5.41) is 0. The minimum absolute atomic E-state index is 0.134. The maximum Gasteiger partial charge on any atom is 0.231 e. The van der Waals surface area contributed by atoms with E-state index in [4.69, 9.17) is 14.2 Å². The molecule has 0 radical (unpaired) electrons. The third-order valence-corrected chi connectivity index (χ3v) is 5.82. The molecule has 160 valence electrons. The highest BCUT2D eigenvalue weighted by molar-refractivity contribution is 5.83. The van der Waals surface area contributed by atoms with Gasteiger partial charge in [-0.2, -0.15) is 0 Å². The van der Waals surface area contributed by atoms with Crippen LogP contribution < -0.4 is 9.47 Å². The van der Waals surface area contributed by atoms with Gasteiger partial charge in [0, 0.05) is 32.7 Å². The second-order valence-corrected chi connectivity index (χ2v) is 7.77. The van der Waals surface area contributed by atoms with Crippen molar-refractivity contribution < 1.29 is 19.0 Å². The summed E-state index contributed by atoms with van der Waals surface area (Å²) in [6, 6.07) is 16.0. The Bertz CT molecular complexity index is 836. The number of hydrogen-bond donors (Lipinski definition) is 0. The Balaban J connectivity index is 1.51. The zero-order valence-electron chi connectivity index (χ0n) is 17.6. The number of ether oxygens (including phenoxy) is 3. The Labute approximate surface area is 178 Å². The van der Waals surface area contributed by atoms with Crippen LogP contribution in [0, 0.1) is 0 Å². The van der Waals surface area contributed by atoms with Crippen molar-refractivity contribution in [1.29, 1.82) is 0 Å². The predicted molar refractivity (Wildman–Crippen MR) is 115 cm³/mol. The highest BCUT2D eigenvalue weighted by atomic mass is 16.7. The fraction of sp³-hybridized carbons (Fsp3) is 0.458. The summed E-state index contributed by atoms with van der Waals surface area (Å²) in [5.41, 5.74) is 2.13. The number of carbonyl (C=O) groups is 1. The Hall–Kier alpha value is -2.57. The van der Waals surface area contributed by atoms with E-state index in [0.717, 1.165) is 61.9 Å². The third-order valence-electron chi connectivity index (χ3n) is 5.82. The number of rotatable bonds is 8. The monoisotopic (exact) mass is 410 g/mol. The molecule has 0 N–H and O–H groups in total. The molecule has 6 heteroatoms. The standard InChI is InChI=1S/C24H30N2O4/c1-2-21(20-6-4-3-5-7-20)24(27)26(11-10-25-12-14-28-15-13-25)17-19-8-9-22-23(16-19)30-18-29-22/h3-9,16,21H,2,10-15,17-18H2,1H3. The lowest BCUT2D eigenvalue weighted by atomic mass is 9.94. The Morgan fingerprint density at radius 3 is 2.60 bits per heavy atom. The Kier molecular flexibility index (Phi) is 6.87. The van der Waals surface area contributed by atoms with Crippen LogP contribution in [-0.2, 0) is 16.1 Å². The SMILES string of the molecule is CCC(C(=O)N(CCN1CCOCC1)Cc1ccc2c(c1)OCO2)c1ccccc1. The molecule has 0 saturated carbocycles. The lowest BCUT2D eigenvalue weighted by Crippen LogP contribution is -2.44. The van der Waals surface area contributed by atoms with Crippen molar-refractivity contribution in [3.63, 3.8) is 0 Å². The van der Waals surface area contributed by atoms with Crippen LogP contribution in [0.15, 0.2) is 48.5 Å². The van der Waals surface area contributed by atoms with Gasteiger partial charge in [0.25, 0.3) is 0 Å². The summed E-state index contributed by atoms with van der Waals surface area (Å²) in [4.78, 5) is 18.0. The van der Waals surface area contributed by atoms with Crippen LogP contribution in [0.2, 0.25) is 0 Å². The van der Waals surface area contributed by atoms with Crippen molar-refractivity contribution in [1.82, 2.24) is 9.80 Å². The van der Waals surface area contributed by atoms with Crippen molar-refractivity contribution in [2.24, 2.45) is 0 Å². The van der Waals surface area contributed by atoms with E-state index < -0.39 is 0 Å². The van der Waals surface area contributed by atoms with E-state index in [1.807, 2.05) is 53.4 Å². The summed E-state index contributed by atoms with van der Waals surface area (Å²) in [7, 11) is 0. The number of nitrogens with zero attached hydrogens (tertiary/aromatic N) is 2. The highest BCUT2D eigenvalue weighted by Gasteiger charge is 2.26. The summed E-state index contributed by atoms with van der Waals surface area (Å²) in [6.07, 6.45) is 0.776. The number of benzene rings is 2. The molecule has 0 aliphatic carbocycles. The molecule has 2 aromatic rings. The second kappa shape index (κ2) is 9.96. The molecule has 1 atom stereocenters.